The molecule has 0 bridgehead atoms. The topological polar surface area (TPSA) is 55.4 Å². The minimum atomic E-state index is -0.740. The van der Waals surface area contributed by atoms with E-state index in [1.165, 1.54) is 7.11 Å². The lowest BCUT2D eigenvalue weighted by Gasteiger charge is -2.17. The third kappa shape index (κ3) is 3.57. The minimum absolute atomic E-state index is 0.0816. The molecule has 5 heteroatoms. The van der Waals surface area contributed by atoms with Gasteiger partial charge in [-0.3, -0.25) is 9.59 Å². The van der Waals surface area contributed by atoms with E-state index in [1.807, 2.05) is 32.2 Å². The summed E-state index contributed by atoms with van der Waals surface area (Å²) in [5, 5.41) is 4.78. The number of methoxy groups -OCH3 is 1. The molecular weight excluding hydrogens is 250 g/mol. The molecule has 1 aromatic rings. The summed E-state index contributed by atoms with van der Waals surface area (Å²) in [5.41, 5.74) is 1.15. The molecule has 0 fully saturated rings. The summed E-state index contributed by atoms with van der Waals surface area (Å²) < 4.78 is 4.66. The van der Waals surface area contributed by atoms with Crippen LogP contribution < -0.4 is 5.32 Å². The zero-order chi connectivity index (χ0) is 13.7. The Kier molecular flexibility index (Phi) is 5.34. The molecule has 1 aromatic heterocycles. The van der Waals surface area contributed by atoms with Crippen LogP contribution in [-0.2, 0) is 20.9 Å². The Morgan fingerprint density at radius 2 is 2.11 bits per heavy atom. The van der Waals surface area contributed by atoms with Gasteiger partial charge in [-0.05, 0) is 29.9 Å². The Balaban J connectivity index is 2.63. The first-order valence-electron chi connectivity index (χ1n) is 5.85. The predicted octanol–water partition coefficient (Wildman–Crippen LogP) is 2.12. The fraction of sp³-hybridized carbons (Fsp3) is 0.538. The molecule has 1 N–H and O–H groups in total. The van der Waals surface area contributed by atoms with E-state index >= 15 is 0 Å². The molecule has 0 aliphatic rings. The maximum Gasteiger partial charge on any atom is 0.318 e. The van der Waals surface area contributed by atoms with Crippen molar-refractivity contribution in [1.29, 1.82) is 0 Å². The largest absolute Gasteiger partial charge is 0.468 e. The molecule has 1 heterocycles. The Morgan fingerprint density at radius 1 is 1.44 bits per heavy atom. The number of esters is 1. The molecule has 0 aliphatic heterocycles. The number of carbonyl (C=O) groups is 2. The van der Waals surface area contributed by atoms with Gasteiger partial charge in [-0.25, -0.2) is 0 Å². The second-order valence-electron chi connectivity index (χ2n) is 4.49. The molecule has 0 aliphatic carbocycles. The lowest BCUT2D eigenvalue weighted by atomic mass is 9.95. The number of nitrogens with one attached hydrogen (secondary N) is 1. The van der Waals surface area contributed by atoms with E-state index in [1.54, 1.807) is 11.3 Å². The number of rotatable bonds is 5. The number of carbonyl (C=O) groups excluding carboxylic acids is 2. The van der Waals surface area contributed by atoms with E-state index < -0.39 is 11.9 Å². The normalized spacial score (nSPS) is 12.3. The highest BCUT2D eigenvalue weighted by Gasteiger charge is 2.30. The first kappa shape index (κ1) is 14.7. The van der Waals surface area contributed by atoms with Gasteiger partial charge in [0.15, 0.2) is 0 Å². The Labute approximate surface area is 111 Å². The summed E-state index contributed by atoms with van der Waals surface area (Å²) in [7, 11) is 1.30. The van der Waals surface area contributed by atoms with Crippen LogP contribution in [0.5, 0.6) is 0 Å². The zero-order valence-electron chi connectivity index (χ0n) is 11.1. The van der Waals surface area contributed by atoms with Crippen LogP contribution in [0, 0.1) is 18.8 Å². The maximum atomic E-state index is 12.0. The smallest absolute Gasteiger partial charge is 0.318 e. The second kappa shape index (κ2) is 6.54. The van der Waals surface area contributed by atoms with Gasteiger partial charge in [-0.2, -0.15) is 0 Å². The minimum Gasteiger partial charge on any atom is -0.468 e. The first-order chi connectivity index (χ1) is 8.47. The van der Waals surface area contributed by atoms with Crippen molar-refractivity contribution in [3.8, 4) is 0 Å². The van der Waals surface area contributed by atoms with Crippen molar-refractivity contribution in [1.82, 2.24) is 5.32 Å². The highest BCUT2D eigenvalue weighted by molar-refractivity contribution is 7.10. The van der Waals surface area contributed by atoms with Crippen LogP contribution in [0.2, 0.25) is 0 Å². The van der Waals surface area contributed by atoms with E-state index in [2.05, 4.69) is 10.1 Å². The van der Waals surface area contributed by atoms with Gasteiger partial charge in [0.25, 0.3) is 0 Å². The number of aryl methyl sites for hydroxylation is 1. The van der Waals surface area contributed by atoms with Gasteiger partial charge in [0.05, 0.1) is 13.7 Å². The average molecular weight is 269 g/mol. The van der Waals surface area contributed by atoms with Crippen LogP contribution in [0.15, 0.2) is 11.4 Å². The lowest BCUT2D eigenvalue weighted by Crippen LogP contribution is -2.38. The fourth-order valence-electron chi connectivity index (χ4n) is 1.67. The highest BCUT2D eigenvalue weighted by Crippen LogP contribution is 2.17. The highest BCUT2D eigenvalue weighted by atomic mass is 32.1. The number of amides is 1. The van der Waals surface area contributed by atoms with Crippen molar-refractivity contribution in [2.75, 3.05) is 7.11 Å². The number of ether oxygens (including phenoxy) is 1. The third-order valence-corrected chi connectivity index (χ3v) is 3.82. The molecule has 1 amide bonds. The van der Waals surface area contributed by atoms with Crippen LogP contribution in [0.1, 0.15) is 24.3 Å². The molecule has 0 saturated carbocycles. The SMILES string of the molecule is COC(=O)C(C(=O)NCc1sccc1C)C(C)C. The monoisotopic (exact) mass is 269 g/mol. The van der Waals surface area contributed by atoms with Crippen molar-refractivity contribution in [2.45, 2.75) is 27.3 Å². The fourth-order valence-corrected chi connectivity index (χ4v) is 2.52. The van der Waals surface area contributed by atoms with Crippen molar-refractivity contribution < 1.29 is 14.3 Å². The van der Waals surface area contributed by atoms with Crippen molar-refractivity contribution in [2.24, 2.45) is 11.8 Å². The van der Waals surface area contributed by atoms with Gasteiger partial charge in [0.1, 0.15) is 5.92 Å². The van der Waals surface area contributed by atoms with E-state index in [0.717, 1.165) is 10.4 Å². The Morgan fingerprint density at radius 3 is 2.56 bits per heavy atom. The van der Waals surface area contributed by atoms with Gasteiger partial charge in [-0.1, -0.05) is 13.8 Å². The standard InChI is InChI=1S/C13H19NO3S/c1-8(2)11(13(16)17-4)12(15)14-7-10-9(3)5-6-18-10/h5-6,8,11H,7H2,1-4H3,(H,14,15). The van der Waals surface area contributed by atoms with Crippen LogP contribution in [0.3, 0.4) is 0 Å². The molecule has 4 nitrogen and oxygen atoms in total. The van der Waals surface area contributed by atoms with Crippen LogP contribution in [0.4, 0.5) is 0 Å². The van der Waals surface area contributed by atoms with Gasteiger partial charge >= 0.3 is 5.97 Å². The number of hydrogen-bond donors (Lipinski definition) is 1. The number of hydrogen-bond acceptors (Lipinski definition) is 4. The van der Waals surface area contributed by atoms with E-state index in [4.69, 9.17) is 0 Å². The van der Waals surface area contributed by atoms with Gasteiger partial charge < -0.3 is 10.1 Å². The maximum absolute atomic E-state index is 12.0. The molecule has 0 aromatic carbocycles. The number of thiophene rings is 1. The summed E-state index contributed by atoms with van der Waals surface area (Å²) in [6.07, 6.45) is 0. The molecule has 100 valence electrons. The summed E-state index contributed by atoms with van der Waals surface area (Å²) in [4.78, 5) is 24.6. The summed E-state index contributed by atoms with van der Waals surface area (Å²) in [6, 6.07) is 2.01. The molecular formula is C13H19NO3S. The average Bonchev–Trinajstić information content (AvgIpc) is 2.71. The molecule has 1 unspecified atom stereocenters. The predicted molar refractivity (Wildman–Crippen MR) is 71.2 cm³/mol. The summed E-state index contributed by atoms with van der Waals surface area (Å²) in [6.45, 7) is 6.12. The van der Waals surface area contributed by atoms with Crippen LogP contribution in [-0.4, -0.2) is 19.0 Å². The van der Waals surface area contributed by atoms with Crippen molar-refractivity contribution in [3.63, 3.8) is 0 Å². The Bertz CT molecular complexity index is 426. The van der Waals surface area contributed by atoms with Gasteiger partial charge in [-0.15, -0.1) is 11.3 Å². The molecule has 0 saturated heterocycles. The first-order valence-corrected chi connectivity index (χ1v) is 6.73. The van der Waals surface area contributed by atoms with Crippen molar-refractivity contribution >= 4 is 23.2 Å². The van der Waals surface area contributed by atoms with Crippen molar-refractivity contribution in [3.05, 3.63) is 21.9 Å². The van der Waals surface area contributed by atoms with Crippen LogP contribution >= 0.6 is 11.3 Å². The van der Waals surface area contributed by atoms with E-state index in [-0.39, 0.29) is 11.8 Å². The second-order valence-corrected chi connectivity index (χ2v) is 5.49. The lowest BCUT2D eigenvalue weighted by molar-refractivity contribution is -0.151. The Hall–Kier alpha value is -1.36. The van der Waals surface area contributed by atoms with Gasteiger partial charge in [0.2, 0.25) is 5.91 Å². The summed E-state index contributed by atoms with van der Waals surface area (Å²) >= 11 is 1.59. The molecule has 18 heavy (non-hydrogen) atoms. The summed E-state index contributed by atoms with van der Waals surface area (Å²) in [5.74, 6) is -1.58. The van der Waals surface area contributed by atoms with Crippen LogP contribution in [0.25, 0.3) is 0 Å². The zero-order valence-corrected chi connectivity index (χ0v) is 12.0. The molecule has 0 spiro atoms. The molecule has 1 atom stereocenters. The molecule has 1 rings (SSSR count). The van der Waals surface area contributed by atoms with Gasteiger partial charge in [0, 0.05) is 4.88 Å². The quantitative estimate of drug-likeness (QED) is 0.658. The molecule has 0 radical (unpaired) electrons. The van der Waals surface area contributed by atoms with E-state index in [0.29, 0.717) is 6.54 Å². The van der Waals surface area contributed by atoms with E-state index in [9.17, 15) is 9.59 Å². The third-order valence-electron chi connectivity index (χ3n) is 2.80.